The van der Waals surface area contributed by atoms with Crippen molar-refractivity contribution in [2.24, 2.45) is 5.92 Å². The zero-order chi connectivity index (χ0) is 10.1. The molecule has 1 rings (SSSR count). The van der Waals surface area contributed by atoms with Crippen LogP contribution in [0.3, 0.4) is 0 Å². The van der Waals surface area contributed by atoms with Crippen molar-refractivity contribution in [3.8, 4) is 0 Å². The number of nitrogens with one attached hydrogen (secondary N) is 1. The molecule has 1 saturated heterocycles. The molecule has 13 heavy (non-hydrogen) atoms. The van der Waals surface area contributed by atoms with E-state index in [1.807, 2.05) is 0 Å². The average Bonchev–Trinajstić information content (AvgIpc) is 2.00. The van der Waals surface area contributed by atoms with Crippen LogP contribution in [0.15, 0.2) is 0 Å². The number of hydrogen-bond acceptors (Lipinski definition) is 2. The predicted octanol–water partition coefficient (Wildman–Crippen LogP) is 2.44. The van der Waals surface area contributed by atoms with Crippen molar-refractivity contribution in [3.63, 3.8) is 0 Å². The van der Waals surface area contributed by atoms with Gasteiger partial charge in [-0.25, -0.2) is 0 Å². The maximum Gasteiger partial charge on any atom is 0.0819 e. The van der Waals surface area contributed by atoms with Gasteiger partial charge in [-0.3, -0.25) is 0 Å². The molecule has 2 nitrogen and oxygen atoms in total. The average molecular weight is 187 g/mol. The molecule has 0 amide bonds. The summed E-state index contributed by atoms with van der Waals surface area (Å²) < 4.78 is 4.92. The maximum atomic E-state index is 4.92. The summed E-state index contributed by atoms with van der Waals surface area (Å²) in [4.78, 5) is 0. The van der Waals surface area contributed by atoms with E-state index in [0.29, 0.717) is 6.10 Å². The van der Waals surface area contributed by atoms with Gasteiger partial charge < -0.3 is 10.1 Å². The Morgan fingerprint density at radius 1 is 1.38 bits per heavy atom. The van der Waals surface area contributed by atoms with Crippen molar-refractivity contribution in [1.29, 1.82) is 0 Å². The molecule has 0 aliphatic carbocycles. The molecule has 0 saturated carbocycles. The lowest BCUT2D eigenvalue weighted by molar-refractivity contribution is 0.0600. The maximum absolute atomic E-state index is 4.92. The Labute approximate surface area is 83.1 Å². The summed E-state index contributed by atoms with van der Waals surface area (Å²) in [5.74, 6) is 0.903. The van der Waals surface area contributed by atoms with Gasteiger partial charge in [-0.1, -0.05) is 40.0 Å². The van der Waals surface area contributed by atoms with Gasteiger partial charge in [0.05, 0.1) is 6.10 Å². The number of ether oxygens (including phenoxy) is 1. The molecule has 0 bridgehead atoms. The van der Waals surface area contributed by atoms with Gasteiger partial charge in [-0.2, -0.15) is 0 Å². The van der Waals surface area contributed by atoms with Gasteiger partial charge in [0.15, 0.2) is 0 Å². The largest absolute Gasteiger partial charge is 0.379 e. The van der Waals surface area contributed by atoms with Gasteiger partial charge in [-0.15, -0.1) is 0 Å². The van der Waals surface area contributed by atoms with Crippen LogP contribution in [0.1, 0.15) is 40.0 Å². The summed E-state index contributed by atoms with van der Waals surface area (Å²) in [6, 6.07) is 0. The van der Waals surface area contributed by atoms with Crippen molar-refractivity contribution >= 4 is 0 Å². The molecule has 2 heteroatoms. The molecule has 0 radical (unpaired) electrons. The number of unbranched alkanes of at least 4 members (excludes halogenated alkanes) is 1. The van der Waals surface area contributed by atoms with E-state index < -0.39 is 0 Å². The molecule has 0 aromatic carbocycles. The number of methoxy groups -OCH3 is 1. The van der Waals surface area contributed by atoms with Crippen molar-refractivity contribution < 1.29 is 4.74 Å². The Hall–Kier alpha value is -0.0800. The lowest BCUT2D eigenvalue weighted by atomic mass is 10.1. The predicted molar refractivity (Wildman–Crippen MR) is 58.0 cm³/mol. The summed E-state index contributed by atoms with van der Waals surface area (Å²) in [7, 11) is 1.74. The molecule has 0 aromatic rings. The molecule has 1 fully saturated rings. The van der Waals surface area contributed by atoms with Gasteiger partial charge in [0.25, 0.3) is 0 Å². The van der Waals surface area contributed by atoms with E-state index in [0.717, 1.165) is 19.0 Å². The minimum Gasteiger partial charge on any atom is -0.379 e. The third-order valence-corrected chi connectivity index (χ3v) is 2.21. The minimum atomic E-state index is 0.505. The highest BCUT2D eigenvalue weighted by molar-refractivity contribution is 4.73. The second kappa shape index (κ2) is 8.52. The first kappa shape index (κ1) is 12.9. The second-order valence-electron chi connectivity index (χ2n) is 4.05. The van der Waals surface area contributed by atoms with Crippen LogP contribution >= 0.6 is 0 Å². The summed E-state index contributed by atoms with van der Waals surface area (Å²) in [5.41, 5.74) is 0. The fourth-order valence-electron chi connectivity index (χ4n) is 1.04. The van der Waals surface area contributed by atoms with Crippen LogP contribution in [-0.2, 0) is 4.74 Å². The summed E-state index contributed by atoms with van der Waals surface area (Å²) in [6.07, 6.45) is 4.65. The van der Waals surface area contributed by atoms with Crippen LogP contribution in [0, 0.1) is 5.92 Å². The number of hydrogen-bond donors (Lipinski definition) is 1. The topological polar surface area (TPSA) is 21.3 Å². The Kier molecular flexibility index (Phi) is 8.46. The highest BCUT2D eigenvalue weighted by Gasteiger charge is 2.13. The van der Waals surface area contributed by atoms with Crippen LogP contribution in [0.2, 0.25) is 0 Å². The molecule has 0 unspecified atom stereocenters. The second-order valence-corrected chi connectivity index (χ2v) is 4.05. The van der Waals surface area contributed by atoms with Crippen LogP contribution in [0.4, 0.5) is 0 Å². The van der Waals surface area contributed by atoms with Gasteiger partial charge >= 0.3 is 0 Å². The van der Waals surface area contributed by atoms with Crippen molar-refractivity contribution in [3.05, 3.63) is 0 Å². The van der Waals surface area contributed by atoms with Gasteiger partial charge in [0.2, 0.25) is 0 Å². The Morgan fingerprint density at radius 3 is 2.08 bits per heavy atom. The highest BCUT2D eigenvalue weighted by Crippen LogP contribution is 2.04. The van der Waals surface area contributed by atoms with E-state index in [1.165, 1.54) is 19.3 Å². The zero-order valence-corrected chi connectivity index (χ0v) is 9.60. The van der Waals surface area contributed by atoms with E-state index >= 15 is 0 Å². The molecule has 0 spiro atoms. The minimum absolute atomic E-state index is 0.505. The van der Waals surface area contributed by atoms with Crippen LogP contribution in [0.25, 0.3) is 0 Å². The zero-order valence-electron chi connectivity index (χ0n) is 9.60. The van der Waals surface area contributed by atoms with Crippen LogP contribution in [-0.4, -0.2) is 26.3 Å². The van der Waals surface area contributed by atoms with Crippen LogP contribution < -0.4 is 5.32 Å². The molecular weight excluding hydrogens is 162 g/mol. The third kappa shape index (κ3) is 8.26. The molecule has 0 aromatic heterocycles. The molecule has 80 valence electrons. The summed E-state index contributed by atoms with van der Waals surface area (Å²) in [5, 5.41) is 3.09. The standard InChI is InChI=1S/C7H16.C4H9NO/c1-4-5-6-7(2)3;1-6-4-2-5-3-4/h7H,4-6H2,1-3H3;4-5H,2-3H2,1H3. The normalized spacial score (nSPS) is 16.4. The molecule has 1 aliphatic heterocycles. The highest BCUT2D eigenvalue weighted by atomic mass is 16.5. The first-order valence-corrected chi connectivity index (χ1v) is 5.44. The van der Waals surface area contributed by atoms with E-state index in [4.69, 9.17) is 4.74 Å². The monoisotopic (exact) mass is 187 g/mol. The SMILES string of the molecule is CCCCC(C)C.COC1CNC1. The molecular formula is C11H25NO. The molecule has 0 atom stereocenters. The Bertz CT molecular complexity index is 97.5. The molecule has 1 aliphatic rings. The van der Waals surface area contributed by atoms with Crippen molar-refractivity contribution in [2.75, 3.05) is 20.2 Å². The fourth-order valence-corrected chi connectivity index (χ4v) is 1.04. The number of rotatable bonds is 4. The fraction of sp³-hybridized carbons (Fsp3) is 1.00. The molecule has 1 N–H and O–H groups in total. The Balaban J connectivity index is 0.000000223. The van der Waals surface area contributed by atoms with Gasteiger partial charge in [0, 0.05) is 20.2 Å². The van der Waals surface area contributed by atoms with E-state index in [2.05, 4.69) is 26.1 Å². The van der Waals surface area contributed by atoms with Crippen molar-refractivity contribution in [1.82, 2.24) is 5.32 Å². The lowest BCUT2D eigenvalue weighted by Gasteiger charge is -2.24. The van der Waals surface area contributed by atoms with Gasteiger partial charge in [-0.05, 0) is 5.92 Å². The first-order valence-electron chi connectivity index (χ1n) is 5.44. The quantitative estimate of drug-likeness (QED) is 0.730. The van der Waals surface area contributed by atoms with E-state index in [1.54, 1.807) is 7.11 Å². The first-order chi connectivity index (χ1) is 6.20. The van der Waals surface area contributed by atoms with E-state index in [9.17, 15) is 0 Å². The Morgan fingerprint density at radius 2 is 2.00 bits per heavy atom. The molecule has 1 heterocycles. The van der Waals surface area contributed by atoms with E-state index in [-0.39, 0.29) is 0 Å². The summed E-state index contributed by atoms with van der Waals surface area (Å²) in [6.45, 7) is 8.86. The third-order valence-electron chi connectivity index (χ3n) is 2.21. The van der Waals surface area contributed by atoms with Crippen molar-refractivity contribution in [2.45, 2.75) is 46.1 Å². The van der Waals surface area contributed by atoms with Crippen LogP contribution in [0.5, 0.6) is 0 Å². The smallest absolute Gasteiger partial charge is 0.0819 e. The summed E-state index contributed by atoms with van der Waals surface area (Å²) >= 11 is 0. The lowest BCUT2D eigenvalue weighted by Crippen LogP contribution is -2.47. The van der Waals surface area contributed by atoms with Gasteiger partial charge in [0.1, 0.15) is 0 Å².